The normalized spacial score (nSPS) is 19.6. The van der Waals surface area contributed by atoms with E-state index < -0.39 is 11.9 Å². The standard InChI is InChI=1S/C16H20O4/c1-3-19-16(18)14(13-9-6-10-20-13)15(17)12-8-5-4-7-11(12)2/h4-5,7-8,13-14H,3,6,9-10H2,1-2H3. The zero-order valence-electron chi connectivity index (χ0n) is 11.9. The molecule has 0 aliphatic carbocycles. The van der Waals surface area contributed by atoms with E-state index in [0.717, 1.165) is 18.4 Å². The van der Waals surface area contributed by atoms with Crippen molar-refractivity contribution in [1.82, 2.24) is 0 Å². The van der Waals surface area contributed by atoms with Crippen molar-refractivity contribution in [3.63, 3.8) is 0 Å². The number of ketones is 1. The summed E-state index contributed by atoms with van der Waals surface area (Å²) in [7, 11) is 0. The highest BCUT2D eigenvalue weighted by molar-refractivity contribution is 6.09. The smallest absolute Gasteiger partial charge is 0.319 e. The number of benzene rings is 1. The van der Waals surface area contributed by atoms with Crippen LogP contribution in [0.3, 0.4) is 0 Å². The van der Waals surface area contributed by atoms with Crippen molar-refractivity contribution in [2.45, 2.75) is 32.8 Å². The minimum atomic E-state index is -0.849. The van der Waals surface area contributed by atoms with Crippen LogP contribution in [0.25, 0.3) is 0 Å². The Morgan fingerprint density at radius 1 is 1.40 bits per heavy atom. The molecule has 0 saturated carbocycles. The third-order valence-corrected chi connectivity index (χ3v) is 3.57. The molecule has 1 aliphatic heterocycles. The first-order valence-electron chi connectivity index (χ1n) is 7.03. The van der Waals surface area contributed by atoms with Gasteiger partial charge in [0.25, 0.3) is 0 Å². The van der Waals surface area contributed by atoms with E-state index in [9.17, 15) is 9.59 Å². The van der Waals surface area contributed by atoms with Crippen LogP contribution in [-0.2, 0) is 14.3 Å². The van der Waals surface area contributed by atoms with Gasteiger partial charge < -0.3 is 9.47 Å². The zero-order chi connectivity index (χ0) is 14.5. The molecule has 0 bridgehead atoms. The molecule has 2 unspecified atom stereocenters. The number of carbonyl (C=O) groups is 2. The van der Waals surface area contributed by atoms with Crippen LogP contribution < -0.4 is 0 Å². The van der Waals surface area contributed by atoms with E-state index in [1.807, 2.05) is 19.1 Å². The molecule has 1 aromatic rings. The minimum absolute atomic E-state index is 0.201. The number of hydrogen-bond donors (Lipinski definition) is 0. The lowest BCUT2D eigenvalue weighted by Crippen LogP contribution is -2.36. The fraction of sp³-hybridized carbons (Fsp3) is 0.500. The maximum atomic E-state index is 12.7. The van der Waals surface area contributed by atoms with Gasteiger partial charge in [0.1, 0.15) is 5.92 Å². The van der Waals surface area contributed by atoms with Crippen LogP contribution in [-0.4, -0.2) is 31.1 Å². The van der Waals surface area contributed by atoms with Crippen molar-refractivity contribution in [2.75, 3.05) is 13.2 Å². The summed E-state index contributed by atoms with van der Waals surface area (Å²) in [4.78, 5) is 24.8. The summed E-state index contributed by atoms with van der Waals surface area (Å²) in [5, 5.41) is 0. The lowest BCUT2D eigenvalue weighted by atomic mass is 9.89. The lowest BCUT2D eigenvalue weighted by molar-refractivity contribution is -0.149. The monoisotopic (exact) mass is 276 g/mol. The van der Waals surface area contributed by atoms with Crippen LogP contribution in [0.4, 0.5) is 0 Å². The van der Waals surface area contributed by atoms with E-state index in [1.165, 1.54) is 0 Å². The first kappa shape index (κ1) is 14.7. The predicted molar refractivity (Wildman–Crippen MR) is 74.6 cm³/mol. The zero-order valence-corrected chi connectivity index (χ0v) is 11.9. The molecule has 0 amide bonds. The van der Waals surface area contributed by atoms with Crippen molar-refractivity contribution in [1.29, 1.82) is 0 Å². The molecule has 1 fully saturated rings. The molecule has 1 saturated heterocycles. The van der Waals surface area contributed by atoms with E-state index in [2.05, 4.69) is 0 Å². The summed E-state index contributed by atoms with van der Waals surface area (Å²) in [5.74, 6) is -1.53. The largest absolute Gasteiger partial charge is 0.465 e. The van der Waals surface area contributed by atoms with Gasteiger partial charge in [0.2, 0.25) is 0 Å². The molecule has 0 spiro atoms. The van der Waals surface area contributed by atoms with E-state index in [-0.39, 0.29) is 18.5 Å². The molecule has 1 aliphatic rings. The van der Waals surface area contributed by atoms with Crippen molar-refractivity contribution < 1.29 is 19.1 Å². The van der Waals surface area contributed by atoms with Gasteiger partial charge in [-0.05, 0) is 32.3 Å². The lowest BCUT2D eigenvalue weighted by Gasteiger charge is -2.20. The minimum Gasteiger partial charge on any atom is -0.465 e. The first-order chi connectivity index (χ1) is 9.65. The molecule has 0 radical (unpaired) electrons. The Kier molecular flexibility index (Phi) is 4.90. The Balaban J connectivity index is 2.28. The van der Waals surface area contributed by atoms with Crippen molar-refractivity contribution >= 4 is 11.8 Å². The highest BCUT2D eigenvalue weighted by Crippen LogP contribution is 2.26. The molecule has 2 rings (SSSR count). The molecule has 4 heteroatoms. The number of aryl methyl sites for hydroxylation is 1. The van der Waals surface area contributed by atoms with Gasteiger partial charge in [-0.1, -0.05) is 24.3 Å². The number of carbonyl (C=O) groups excluding carboxylic acids is 2. The van der Waals surface area contributed by atoms with Crippen molar-refractivity contribution in [2.24, 2.45) is 5.92 Å². The van der Waals surface area contributed by atoms with E-state index in [0.29, 0.717) is 12.2 Å². The third kappa shape index (κ3) is 3.07. The second-order valence-electron chi connectivity index (χ2n) is 4.96. The van der Waals surface area contributed by atoms with Gasteiger partial charge >= 0.3 is 5.97 Å². The van der Waals surface area contributed by atoms with Gasteiger partial charge in [-0.25, -0.2) is 0 Å². The second kappa shape index (κ2) is 6.66. The predicted octanol–water partition coefficient (Wildman–Crippen LogP) is 2.54. The van der Waals surface area contributed by atoms with E-state index in [4.69, 9.17) is 9.47 Å². The maximum Gasteiger partial charge on any atom is 0.319 e. The third-order valence-electron chi connectivity index (χ3n) is 3.57. The number of esters is 1. The van der Waals surface area contributed by atoms with Crippen LogP contribution >= 0.6 is 0 Å². The Morgan fingerprint density at radius 2 is 2.15 bits per heavy atom. The SMILES string of the molecule is CCOC(=O)C(C(=O)c1ccccc1C)C1CCCO1. The Labute approximate surface area is 119 Å². The second-order valence-corrected chi connectivity index (χ2v) is 4.96. The van der Waals surface area contributed by atoms with Crippen LogP contribution in [0.5, 0.6) is 0 Å². The van der Waals surface area contributed by atoms with Gasteiger partial charge in [-0.15, -0.1) is 0 Å². The molecule has 1 heterocycles. The van der Waals surface area contributed by atoms with Gasteiger partial charge in [-0.3, -0.25) is 9.59 Å². The summed E-state index contributed by atoms with van der Waals surface area (Å²) in [6.07, 6.45) is 1.24. The highest BCUT2D eigenvalue weighted by Gasteiger charge is 2.39. The summed E-state index contributed by atoms with van der Waals surface area (Å²) in [6.45, 7) is 4.47. The Morgan fingerprint density at radius 3 is 2.75 bits per heavy atom. The van der Waals surface area contributed by atoms with Crippen molar-refractivity contribution in [3.05, 3.63) is 35.4 Å². The molecule has 1 aromatic carbocycles. The number of ether oxygens (including phenoxy) is 2. The fourth-order valence-electron chi connectivity index (χ4n) is 2.54. The topological polar surface area (TPSA) is 52.6 Å². The molecule has 0 N–H and O–H groups in total. The van der Waals surface area contributed by atoms with Crippen LogP contribution in [0.2, 0.25) is 0 Å². The average molecular weight is 276 g/mol. The molecular weight excluding hydrogens is 256 g/mol. The molecule has 20 heavy (non-hydrogen) atoms. The molecule has 2 atom stereocenters. The van der Waals surface area contributed by atoms with Gasteiger partial charge in [0.05, 0.1) is 12.7 Å². The number of Topliss-reactive ketones (excluding diaryl/α,β-unsaturated/α-hetero) is 1. The summed E-state index contributed by atoms with van der Waals surface area (Å²) in [5.41, 5.74) is 1.44. The van der Waals surface area contributed by atoms with Gasteiger partial charge in [0, 0.05) is 12.2 Å². The summed E-state index contributed by atoms with van der Waals surface area (Å²) in [6, 6.07) is 7.29. The highest BCUT2D eigenvalue weighted by atomic mass is 16.5. The Bertz CT molecular complexity index is 489. The van der Waals surface area contributed by atoms with Crippen molar-refractivity contribution in [3.8, 4) is 0 Å². The molecule has 0 aromatic heterocycles. The van der Waals surface area contributed by atoms with Gasteiger partial charge in [-0.2, -0.15) is 0 Å². The summed E-state index contributed by atoms with van der Waals surface area (Å²) >= 11 is 0. The summed E-state index contributed by atoms with van der Waals surface area (Å²) < 4.78 is 10.6. The quantitative estimate of drug-likeness (QED) is 0.471. The van der Waals surface area contributed by atoms with Crippen LogP contribution in [0.15, 0.2) is 24.3 Å². The van der Waals surface area contributed by atoms with E-state index in [1.54, 1.807) is 19.1 Å². The Hall–Kier alpha value is -1.68. The first-order valence-corrected chi connectivity index (χ1v) is 7.03. The van der Waals surface area contributed by atoms with Crippen LogP contribution in [0.1, 0.15) is 35.7 Å². The average Bonchev–Trinajstić information content (AvgIpc) is 2.93. The van der Waals surface area contributed by atoms with Gasteiger partial charge in [0.15, 0.2) is 5.78 Å². The molecule has 4 nitrogen and oxygen atoms in total. The van der Waals surface area contributed by atoms with E-state index >= 15 is 0 Å². The fourth-order valence-corrected chi connectivity index (χ4v) is 2.54. The molecular formula is C16H20O4. The molecule has 108 valence electrons. The number of hydrogen-bond acceptors (Lipinski definition) is 4. The van der Waals surface area contributed by atoms with Crippen LogP contribution in [0, 0.1) is 12.8 Å². The number of rotatable bonds is 5. The maximum absolute atomic E-state index is 12.7.